The van der Waals surface area contributed by atoms with Gasteiger partial charge in [-0.2, -0.15) is 0 Å². The average Bonchev–Trinajstić information content (AvgIpc) is 3.66. The van der Waals surface area contributed by atoms with Gasteiger partial charge in [0.15, 0.2) is 5.78 Å². The van der Waals surface area contributed by atoms with Crippen LogP contribution in [0.5, 0.6) is 0 Å². The van der Waals surface area contributed by atoms with Gasteiger partial charge < -0.3 is 31.7 Å². The standard InChI is InChI=1S/C31H45N7O3S2/c32-22-3-1-2-4-23(22)36-25-6-5-19(30(33)40)31(37-25)35-18-13-17-7-8-34-27(17)20(14-18)21-16-42-29-24(39)15-26(43-28(21)29)38-9-11-41-12-10-38/h13-15,19,21-23,25,28-29,31,34-37H,1-12,16,32H2,(H2,33,40)/t19?,21?,22-,23+,25?,28?,29?,31?/m1/s1. The summed E-state index contributed by atoms with van der Waals surface area (Å²) in [5.74, 6) is 0.795. The third-order valence-corrected chi connectivity index (χ3v) is 13.2. The van der Waals surface area contributed by atoms with E-state index in [0.717, 1.165) is 68.2 Å². The fraction of sp³-hybridized carbons (Fsp3) is 0.677. The van der Waals surface area contributed by atoms with Crippen LogP contribution in [0.25, 0.3) is 0 Å². The molecule has 3 saturated heterocycles. The van der Waals surface area contributed by atoms with Crippen molar-refractivity contribution < 1.29 is 14.3 Å². The molecule has 8 atom stereocenters. The summed E-state index contributed by atoms with van der Waals surface area (Å²) in [5, 5.41) is 16.0. The topological polar surface area (TPSA) is 147 Å². The number of carbonyl (C=O) groups is 2. The fourth-order valence-electron chi connectivity index (χ4n) is 7.74. The number of primary amides is 1. The van der Waals surface area contributed by atoms with E-state index in [2.05, 4.69) is 38.3 Å². The van der Waals surface area contributed by atoms with Gasteiger partial charge >= 0.3 is 0 Å². The van der Waals surface area contributed by atoms with E-state index >= 15 is 0 Å². The number of ketones is 1. The van der Waals surface area contributed by atoms with Crippen LogP contribution in [-0.4, -0.2) is 90.1 Å². The molecule has 6 unspecified atom stereocenters. The maximum Gasteiger partial charge on any atom is 0.223 e. The summed E-state index contributed by atoms with van der Waals surface area (Å²) in [6.45, 7) is 3.97. The van der Waals surface area contributed by atoms with Gasteiger partial charge in [-0.3, -0.25) is 20.2 Å². The van der Waals surface area contributed by atoms with Gasteiger partial charge in [-0.1, -0.05) is 12.8 Å². The van der Waals surface area contributed by atoms with Gasteiger partial charge in [-0.05, 0) is 55.4 Å². The van der Waals surface area contributed by atoms with Crippen LogP contribution in [0.15, 0.2) is 23.2 Å². The number of amides is 1. The van der Waals surface area contributed by atoms with Crippen molar-refractivity contribution in [3.05, 3.63) is 34.4 Å². The van der Waals surface area contributed by atoms with Gasteiger partial charge in [-0.25, -0.2) is 0 Å². The van der Waals surface area contributed by atoms with Crippen molar-refractivity contribution >= 4 is 46.6 Å². The first-order valence-corrected chi connectivity index (χ1v) is 18.0. The molecule has 0 bridgehead atoms. The molecular formula is C31H45N7O3S2. The highest BCUT2D eigenvalue weighted by atomic mass is 32.2. The van der Waals surface area contributed by atoms with Crippen LogP contribution in [0.1, 0.15) is 55.6 Å². The number of carbonyl (C=O) groups excluding carboxylic acids is 2. The largest absolute Gasteiger partial charge is 0.384 e. The van der Waals surface area contributed by atoms with Gasteiger partial charge in [0.05, 0.1) is 41.7 Å². The Morgan fingerprint density at radius 2 is 1.95 bits per heavy atom. The minimum absolute atomic E-state index is 0.0225. The summed E-state index contributed by atoms with van der Waals surface area (Å²) in [4.78, 5) is 28.2. The zero-order valence-corrected chi connectivity index (χ0v) is 26.3. The predicted molar refractivity (Wildman–Crippen MR) is 174 cm³/mol. The maximum atomic E-state index is 13.3. The lowest BCUT2D eigenvalue weighted by molar-refractivity contribution is -0.123. The molecule has 234 valence electrons. The van der Waals surface area contributed by atoms with Crippen LogP contribution in [0.4, 0.5) is 11.4 Å². The molecule has 0 radical (unpaired) electrons. The number of morpholine rings is 1. The van der Waals surface area contributed by atoms with Crippen LogP contribution < -0.4 is 32.7 Å². The predicted octanol–water partition coefficient (Wildman–Crippen LogP) is 2.12. The number of fused-ring (bicyclic) bond motifs is 2. The minimum Gasteiger partial charge on any atom is -0.384 e. The van der Waals surface area contributed by atoms with Gasteiger partial charge in [0.2, 0.25) is 5.91 Å². The molecule has 6 aliphatic rings. The number of piperidine rings is 1. The Morgan fingerprint density at radius 3 is 2.77 bits per heavy atom. The highest BCUT2D eigenvalue weighted by molar-refractivity contribution is 8.07. The van der Waals surface area contributed by atoms with Crippen LogP contribution in [0, 0.1) is 5.92 Å². The number of nitrogens with one attached hydrogen (secondary N) is 4. The molecule has 10 nitrogen and oxygen atoms in total. The molecule has 1 aliphatic carbocycles. The zero-order valence-electron chi connectivity index (χ0n) is 24.7. The maximum absolute atomic E-state index is 13.3. The van der Waals surface area contributed by atoms with Gasteiger partial charge in [0, 0.05) is 66.1 Å². The number of hydrogen-bond donors (Lipinski definition) is 6. The van der Waals surface area contributed by atoms with Crippen molar-refractivity contribution in [1.82, 2.24) is 15.5 Å². The summed E-state index contributed by atoms with van der Waals surface area (Å²) in [7, 11) is 0. The van der Waals surface area contributed by atoms with Crippen molar-refractivity contribution in [2.45, 2.75) is 85.8 Å². The van der Waals surface area contributed by atoms with Gasteiger partial charge in [0.25, 0.3) is 0 Å². The molecule has 5 aliphatic heterocycles. The first-order chi connectivity index (χ1) is 20.9. The molecule has 5 heterocycles. The third-order valence-electron chi connectivity index (χ3n) is 10.1. The van der Waals surface area contributed by atoms with E-state index in [-0.39, 0.29) is 58.4 Å². The number of allylic oxidation sites excluding steroid dienone is 1. The number of anilines is 2. The molecule has 1 aromatic carbocycles. The van der Waals surface area contributed by atoms with Crippen LogP contribution in [0.3, 0.4) is 0 Å². The van der Waals surface area contributed by atoms with Crippen molar-refractivity contribution in [3.63, 3.8) is 0 Å². The molecule has 0 aromatic heterocycles. The average molecular weight is 628 g/mol. The molecule has 0 spiro atoms. The first-order valence-electron chi connectivity index (χ1n) is 16.1. The van der Waals surface area contributed by atoms with E-state index in [4.69, 9.17) is 16.2 Å². The van der Waals surface area contributed by atoms with Crippen LogP contribution in [0.2, 0.25) is 0 Å². The second kappa shape index (κ2) is 12.8. The molecule has 1 saturated carbocycles. The van der Waals surface area contributed by atoms with Crippen LogP contribution >= 0.6 is 23.5 Å². The lowest BCUT2D eigenvalue weighted by Gasteiger charge is -2.41. The van der Waals surface area contributed by atoms with Crippen molar-refractivity contribution in [1.29, 1.82) is 0 Å². The lowest BCUT2D eigenvalue weighted by Crippen LogP contribution is -2.63. The van der Waals surface area contributed by atoms with E-state index in [0.29, 0.717) is 13.2 Å². The molecule has 4 fully saturated rings. The quantitative estimate of drug-likeness (QED) is 0.264. The number of benzene rings is 1. The molecule has 8 N–H and O–H groups in total. The zero-order chi connectivity index (χ0) is 29.5. The van der Waals surface area contributed by atoms with Gasteiger partial charge in [-0.15, -0.1) is 23.5 Å². The molecule has 1 aromatic rings. The summed E-state index contributed by atoms with van der Waals surface area (Å²) in [6.07, 6.45) is 8.70. The number of nitrogens with two attached hydrogens (primary N) is 2. The minimum atomic E-state index is -0.313. The Labute approximate surface area is 262 Å². The molecule has 1 amide bonds. The number of nitrogens with zero attached hydrogens (tertiary/aromatic N) is 1. The van der Waals surface area contributed by atoms with E-state index in [1.165, 1.54) is 29.7 Å². The summed E-state index contributed by atoms with van der Waals surface area (Å²) in [6, 6.07) is 4.94. The third kappa shape index (κ3) is 6.15. The summed E-state index contributed by atoms with van der Waals surface area (Å²) in [5.41, 5.74) is 17.1. The normalized spacial score (nSPS) is 36.0. The van der Waals surface area contributed by atoms with E-state index in [1.807, 2.05) is 17.8 Å². The molecule has 43 heavy (non-hydrogen) atoms. The Kier molecular flexibility index (Phi) is 8.85. The van der Waals surface area contributed by atoms with E-state index in [9.17, 15) is 9.59 Å². The monoisotopic (exact) mass is 627 g/mol. The van der Waals surface area contributed by atoms with Crippen LogP contribution in [-0.2, 0) is 20.7 Å². The first kappa shape index (κ1) is 29.7. The number of thioether (sulfide) groups is 2. The number of ether oxygens (including phenoxy) is 1. The summed E-state index contributed by atoms with van der Waals surface area (Å²) < 4.78 is 5.57. The van der Waals surface area contributed by atoms with E-state index < -0.39 is 0 Å². The van der Waals surface area contributed by atoms with Crippen molar-refractivity contribution in [2.75, 3.05) is 49.2 Å². The smallest absolute Gasteiger partial charge is 0.223 e. The second-order valence-corrected chi connectivity index (χ2v) is 15.2. The van der Waals surface area contributed by atoms with Crippen molar-refractivity contribution in [3.8, 4) is 0 Å². The summed E-state index contributed by atoms with van der Waals surface area (Å²) >= 11 is 3.67. The Morgan fingerprint density at radius 1 is 1.12 bits per heavy atom. The van der Waals surface area contributed by atoms with Gasteiger partial charge in [0.1, 0.15) is 0 Å². The molecule has 7 rings (SSSR count). The highest BCUT2D eigenvalue weighted by Gasteiger charge is 2.46. The van der Waals surface area contributed by atoms with E-state index in [1.54, 1.807) is 11.8 Å². The fourth-order valence-corrected chi connectivity index (χ4v) is 11.1. The molecular weight excluding hydrogens is 583 g/mol. The number of rotatable bonds is 7. The Hall–Kier alpha value is -1.96. The lowest BCUT2D eigenvalue weighted by atomic mass is 9.88. The Balaban J connectivity index is 1.12. The highest BCUT2D eigenvalue weighted by Crippen LogP contribution is 2.53. The number of hydrogen-bond acceptors (Lipinski definition) is 11. The van der Waals surface area contributed by atoms with Crippen molar-refractivity contribution in [2.24, 2.45) is 17.4 Å². The second-order valence-electron chi connectivity index (χ2n) is 12.9. The SMILES string of the molecule is NC(=O)C1CCC(N[C@H]2CCCC[C@H]2N)NC1Nc1cc2c(c(C3CSC4C(=O)C=C(N5CCOCC5)SC43)c1)NCC2. The molecule has 12 heteroatoms. The Bertz CT molecular complexity index is 1260.